The molecule has 0 saturated carbocycles. The number of rotatable bonds is 7. The normalized spacial score (nSPS) is 10.6. The Hall–Kier alpha value is -3.33. The van der Waals surface area contributed by atoms with Gasteiger partial charge in [0.15, 0.2) is 0 Å². The molecule has 0 aliphatic carbocycles. The Morgan fingerprint density at radius 3 is 2.38 bits per heavy atom. The maximum Gasteiger partial charge on any atom is 0.248 e. The molecule has 3 aromatic carbocycles. The molecular weight excluding hydrogens is 322 g/mol. The lowest BCUT2D eigenvalue weighted by Crippen LogP contribution is -2.08. The summed E-state index contributed by atoms with van der Waals surface area (Å²) in [5.41, 5.74) is 2.94. The molecule has 0 saturated heterocycles. The quantitative estimate of drug-likeness (QED) is 0.616. The van der Waals surface area contributed by atoms with Crippen molar-refractivity contribution >= 4 is 17.7 Å². The molecule has 3 rings (SSSR count). The van der Waals surface area contributed by atoms with Crippen molar-refractivity contribution in [2.24, 2.45) is 0 Å². The largest absolute Gasteiger partial charge is 0.493 e. The Balaban J connectivity index is 1.52. The first kappa shape index (κ1) is 17.5. The van der Waals surface area contributed by atoms with Crippen molar-refractivity contribution in [2.75, 3.05) is 11.9 Å². The molecule has 3 heteroatoms. The van der Waals surface area contributed by atoms with E-state index in [1.807, 2.05) is 72.8 Å². The Kier molecular flexibility index (Phi) is 6.21. The van der Waals surface area contributed by atoms with Crippen LogP contribution in [-0.2, 0) is 11.2 Å². The second-order valence-corrected chi connectivity index (χ2v) is 5.85. The van der Waals surface area contributed by atoms with Crippen molar-refractivity contribution in [3.63, 3.8) is 0 Å². The van der Waals surface area contributed by atoms with Crippen molar-refractivity contribution < 1.29 is 9.53 Å². The number of ether oxygens (including phenoxy) is 1. The van der Waals surface area contributed by atoms with E-state index >= 15 is 0 Å². The predicted molar refractivity (Wildman–Crippen MR) is 106 cm³/mol. The minimum Gasteiger partial charge on any atom is -0.493 e. The molecule has 1 amide bonds. The van der Waals surface area contributed by atoms with Crippen molar-refractivity contribution in [1.82, 2.24) is 0 Å². The molecule has 1 N–H and O–H groups in total. The molecule has 0 radical (unpaired) electrons. The second kappa shape index (κ2) is 9.23. The summed E-state index contributed by atoms with van der Waals surface area (Å²) in [6, 6.07) is 27.4. The predicted octanol–water partition coefficient (Wildman–Crippen LogP) is 4.96. The standard InChI is InChI=1S/C23H21NO2/c25-23(15-14-19-8-3-1-4-9-19)24-21-12-7-13-22(18-21)26-17-16-20-10-5-2-6-11-20/h1-15,18H,16-17H2,(H,24,25)/b15-14+. The summed E-state index contributed by atoms with van der Waals surface area (Å²) in [5.74, 6) is 0.570. The third-order valence-corrected chi connectivity index (χ3v) is 3.83. The third-order valence-electron chi connectivity index (χ3n) is 3.83. The number of carbonyl (C=O) groups is 1. The zero-order valence-corrected chi connectivity index (χ0v) is 14.5. The number of carbonyl (C=O) groups excluding carboxylic acids is 1. The van der Waals surface area contributed by atoms with E-state index in [4.69, 9.17) is 4.74 Å². The summed E-state index contributed by atoms with van der Waals surface area (Å²) < 4.78 is 5.79. The molecule has 26 heavy (non-hydrogen) atoms. The van der Waals surface area contributed by atoms with Crippen LogP contribution in [0.4, 0.5) is 5.69 Å². The van der Waals surface area contributed by atoms with Crippen molar-refractivity contribution in [1.29, 1.82) is 0 Å². The number of amides is 1. The van der Waals surface area contributed by atoms with E-state index in [0.717, 1.165) is 17.7 Å². The topological polar surface area (TPSA) is 38.3 Å². The van der Waals surface area contributed by atoms with Crippen molar-refractivity contribution in [3.8, 4) is 5.75 Å². The van der Waals surface area contributed by atoms with Crippen LogP contribution >= 0.6 is 0 Å². The van der Waals surface area contributed by atoms with Gasteiger partial charge in [-0.05, 0) is 29.3 Å². The van der Waals surface area contributed by atoms with E-state index in [1.165, 1.54) is 11.6 Å². The average molecular weight is 343 g/mol. The molecule has 3 aromatic rings. The first-order chi connectivity index (χ1) is 12.8. The fraction of sp³-hybridized carbons (Fsp3) is 0.0870. The summed E-state index contributed by atoms with van der Waals surface area (Å²) in [4.78, 5) is 12.1. The maximum absolute atomic E-state index is 12.1. The minimum atomic E-state index is -0.171. The lowest BCUT2D eigenvalue weighted by Gasteiger charge is -2.08. The third kappa shape index (κ3) is 5.64. The zero-order valence-electron chi connectivity index (χ0n) is 14.5. The van der Waals surface area contributed by atoms with Crippen molar-refractivity contribution in [3.05, 3.63) is 102 Å². The van der Waals surface area contributed by atoms with Gasteiger partial charge >= 0.3 is 0 Å². The molecule has 0 atom stereocenters. The molecule has 0 heterocycles. The van der Waals surface area contributed by atoms with Crippen LogP contribution in [0.3, 0.4) is 0 Å². The number of benzene rings is 3. The van der Waals surface area contributed by atoms with Gasteiger partial charge in [0.1, 0.15) is 5.75 Å². The van der Waals surface area contributed by atoms with Gasteiger partial charge in [-0.3, -0.25) is 4.79 Å². The Morgan fingerprint density at radius 2 is 1.62 bits per heavy atom. The average Bonchev–Trinajstić information content (AvgIpc) is 2.68. The van der Waals surface area contributed by atoms with Crippen LogP contribution in [0.25, 0.3) is 6.08 Å². The molecule has 0 spiro atoms. The molecule has 0 aliphatic heterocycles. The summed E-state index contributed by atoms with van der Waals surface area (Å²) in [6.07, 6.45) is 4.16. The van der Waals surface area contributed by atoms with E-state index < -0.39 is 0 Å². The van der Waals surface area contributed by atoms with Gasteiger partial charge in [-0.25, -0.2) is 0 Å². The maximum atomic E-state index is 12.1. The second-order valence-electron chi connectivity index (χ2n) is 5.85. The molecule has 3 nitrogen and oxygen atoms in total. The van der Waals surface area contributed by atoms with Gasteiger partial charge in [0.05, 0.1) is 6.61 Å². The molecule has 0 aliphatic rings. The van der Waals surface area contributed by atoms with E-state index in [0.29, 0.717) is 12.3 Å². The molecule has 130 valence electrons. The van der Waals surface area contributed by atoms with Crippen LogP contribution in [0, 0.1) is 0 Å². The smallest absolute Gasteiger partial charge is 0.248 e. The van der Waals surface area contributed by atoms with Gasteiger partial charge in [-0.15, -0.1) is 0 Å². The number of nitrogens with one attached hydrogen (secondary N) is 1. The summed E-state index contributed by atoms with van der Waals surface area (Å²) in [6.45, 7) is 0.593. The fourth-order valence-corrected chi connectivity index (χ4v) is 2.52. The van der Waals surface area contributed by atoms with Crippen LogP contribution < -0.4 is 10.1 Å². The molecule has 0 bridgehead atoms. The van der Waals surface area contributed by atoms with E-state index in [9.17, 15) is 4.79 Å². The molecule has 0 unspecified atom stereocenters. The highest BCUT2D eigenvalue weighted by atomic mass is 16.5. The van der Waals surface area contributed by atoms with Gasteiger partial charge < -0.3 is 10.1 Å². The van der Waals surface area contributed by atoms with Crippen molar-refractivity contribution in [2.45, 2.75) is 6.42 Å². The van der Waals surface area contributed by atoms with Gasteiger partial charge in [0.2, 0.25) is 5.91 Å². The Bertz CT molecular complexity index is 858. The lowest BCUT2D eigenvalue weighted by molar-refractivity contribution is -0.111. The van der Waals surface area contributed by atoms with Crippen LogP contribution in [0.5, 0.6) is 5.75 Å². The number of hydrogen-bond donors (Lipinski definition) is 1. The molecule has 0 aromatic heterocycles. The first-order valence-corrected chi connectivity index (χ1v) is 8.60. The first-order valence-electron chi connectivity index (χ1n) is 8.60. The number of anilines is 1. The van der Waals surface area contributed by atoms with Crippen LogP contribution in [0.15, 0.2) is 91.0 Å². The summed E-state index contributed by atoms with van der Waals surface area (Å²) >= 11 is 0. The fourth-order valence-electron chi connectivity index (χ4n) is 2.52. The van der Waals surface area contributed by atoms with E-state index in [-0.39, 0.29) is 5.91 Å². The van der Waals surface area contributed by atoms with Gasteiger partial charge in [-0.2, -0.15) is 0 Å². The molecule has 0 fully saturated rings. The van der Waals surface area contributed by atoms with Gasteiger partial charge in [0.25, 0.3) is 0 Å². The number of hydrogen-bond acceptors (Lipinski definition) is 2. The van der Waals surface area contributed by atoms with E-state index in [1.54, 1.807) is 6.08 Å². The van der Waals surface area contributed by atoms with Gasteiger partial charge in [0, 0.05) is 24.3 Å². The summed E-state index contributed by atoms with van der Waals surface area (Å²) in [5, 5.41) is 2.85. The van der Waals surface area contributed by atoms with Gasteiger partial charge in [-0.1, -0.05) is 66.7 Å². The lowest BCUT2D eigenvalue weighted by atomic mass is 10.2. The van der Waals surface area contributed by atoms with Crippen LogP contribution in [0.2, 0.25) is 0 Å². The minimum absolute atomic E-state index is 0.171. The van der Waals surface area contributed by atoms with E-state index in [2.05, 4.69) is 17.4 Å². The Morgan fingerprint density at radius 1 is 0.885 bits per heavy atom. The summed E-state index contributed by atoms with van der Waals surface area (Å²) in [7, 11) is 0. The highest BCUT2D eigenvalue weighted by Crippen LogP contribution is 2.18. The SMILES string of the molecule is O=C(/C=C/c1ccccc1)Nc1cccc(OCCc2ccccc2)c1. The zero-order chi connectivity index (χ0) is 18.0. The van der Waals surface area contributed by atoms with Crippen LogP contribution in [-0.4, -0.2) is 12.5 Å². The molecular formula is C23H21NO2. The van der Waals surface area contributed by atoms with Crippen LogP contribution in [0.1, 0.15) is 11.1 Å². The highest BCUT2D eigenvalue weighted by molar-refractivity contribution is 6.02. The Labute approximate surface area is 154 Å². The highest BCUT2D eigenvalue weighted by Gasteiger charge is 2.01. The monoisotopic (exact) mass is 343 g/mol.